The summed E-state index contributed by atoms with van der Waals surface area (Å²) in [7, 11) is 0. The molecule has 4 rings (SSSR count). The van der Waals surface area contributed by atoms with Crippen molar-refractivity contribution in [3.05, 3.63) is 23.6 Å². The van der Waals surface area contributed by atoms with Gasteiger partial charge in [0.1, 0.15) is 13.2 Å². The number of thiazole rings is 1. The van der Waals surface area contributed by atoms with Crippen molar-refractivity contribution in [3.63, 3.8) is 0 Å². The number of aromatic nitrogens is 1. The predicted molar refractivity (Wildman–Crippen MR) is 100 cm³/mol. The summed E-state index contributed by atoms with van der Waals surface area (Å²) >= 11 is 1.43. The van der Waals surface area contributed by atoms with E-state index in [1.807, 2.05) is 23.6 Å². The molecule has 1 aromatic heterocycles. The van der Waals surface area contributed by atoms with E-state index in [1.165, 1.54) is 11.3 Å². The molecule has 2 aliphatic rings. The van der Waals surface area contributed by atoms with E-state index < -0.39 is 0 Å². The molecule has 1 amide bonds. The minimum atomic E-state index is 0. The molecule has 2 aromatic rings. The van der Waals surface area contributed by atoms with Gasteiger partial charge in [-0.25, -0.2) is 4.98 Å². The standard InChI is InChI=1S/C17H19N3O3S.ClH/c21-16(9-12-2-1-5-18-12)20-17-19-13(10-24-17)11-3-4-14-15(8-11)23-7-6-22-14;/h3-4,8,10,12,18H,1-2,5-7,9H2,(H,19,20,21);1H. The fraction of sp³-hybridized carbons (Fsp3) is 0.412. The van der Waals surface area contributed by atoms with Gasteiger partial charge in [-0.05, 0) is 37.6 Å². The highest BCUT2D eigenvalue weighted by atomic mass is 35.5. The first-order valence-electron chi connectivity index (χ1n) is 8.17. The van der Waals surface area contributed by atoms with Gasteiger partial charge >= 0.3 is 0 Å². The van der Waals surface area contributed by atoms with Crippen molar-refractivity contribution in [2.45, 2.75) is 25.3 Å². The minimum Gasteiger partial charge on any atom is -0.486 e. The highest BCUT2D eigenvalue weighted by Crippen LogP contribution is 2.35. The maximum absolute atomic E-state index is 12.1. The van der Waals surface area contributed by atoms with E-state index in [2.05, 4.69) is 15.6 Å². The van der Waals surface area contributed by atoms with Crippen LogP contribution in [0.25, 0.3) is 11.3 Å². The first-order valence-corrected chi connectivity index (χ1v) is 9.05. The summed E-state index contributed by atoms with van der Waals surface area (Å²) in [5, 5.41) is 8.79. The van der Waals surface area contributed by atoms with Crippen LogP contribution in [-0.4, -0.2) is 36.7 Å². The molecule has 8 heteroatoms. The van der Waals surface area contributed by atoms with Gasteiger partial charge in [-0.1, -0.05) is 0 Å². The summed E-state index contributed by atoms with van der Waals surface area (Å²) in [5.74, 6) is 1.51. The van der Waals surface area contributed by atoms with Gasteiger partial charge in [-0.2, -0.15) is 0 Å². The number of ether oxygens (including phenoxy) is 2. The molecule has 2 N–H and O–H groups in total. The number of carbonyl (C=O) groups is 1. The monoisotopic (exact) mass is 381 g/mol. The van der Waals surface area contributed by atoms with Crippen LogP contribution in [0.3, 0.4) is 0 Å². The summed E-state index contributed by atoms with van der Waals surface area (Å²) in [6, 6.07) is 6.07. The van der Waals surface area contributed by atoms with Gasteiger partial charge < -0.3 is 20.1 Å². The highest BCUT2D eigenvalue weighted by molar-refractivity contribution is 7.14. The average Bonchev–Trinajstić information content (AvgIpc) is 3.26. The normalized spacial score (nSPS) is 18.5. The quantitative estimate of drug-likeness (QED) is 0.851. The number of amides is 1. The SMILES string of the molecule is Cl.O=C(CC1CCCN1)Nc1nc(-c2ccc3c(c2)OCCO3)cs1. The topological polar surface area (TPSA) is 72.5 Å². The van der Waals surface area contributed by atoms with Crippen molar-refractivity contribution < 1.29 is 14.3 Å². The Bertz CT molecular complexity index is 746. The van der Waals surface area contributed by atoms with E-state index in [0.717, 1.165) is 42.1 Å². The molecule has 1 aromatic carbocycles. The number of fused-ring (bicyclic) bond motifs is 1. The summed E-state index contributed by atoms with van der Waals surface area (Å²) in [6.07, 6.45) is 2.70. The Labute approximate surface area is 156 Å². The lowest BCUT2D eigenvalue weighted by atomic mass is 10.1. The van der Waals surface area contributed by atoms with Crippen LogP contribution in [-0.2, 0) is 4.79 Å². The molecule has 3 heterocycles. The number of hydrogen-bond acceptors (Lipinski definition) is 6. The highest BCUT2D eigenvalue weighted by Gasteiger charge is 2.19. The van der Waals surface area contributed by atoms with Gasteiger partial charge in [0, 0.05) is 23.4 Å². The first-order chi connectivity index (χ1) is 11.8. The lowest BCUT2D eigenvalue weighted by molar-refractivity contribution is -0.116. The van der Waals surface area contributed by atoms with Crippen LogP contribution in [0.15, 0.2) is 23.6 Å². The van der Waals surface area contributed by atoms with Crippen LogP contribution < -0.4 is 20.1 Å². The molecule has 1 fully saturated rings. The number of nitrogens with one attached hydrogen (secondary N) is 2. The molecular formula is C17H20ClN3O3S. The molecule has 0 radical (unpaired) electrons. The maximum atomic E-state index is 12.1. The number of hydrogen-bond donors (Lipinski definition) is 2. The number of anilines is 1. The van der Waals surface area contributed by atoms with Gasteiger partial charge in [0.25, 0.3) is 0 Å². The van der Waals surface area contributed by atoms with Crippen molar-refractivity contribution >= 4 is 34.8 Å². The van der Waals surface area contributed by atoms with E-state index in [0.29, 0.717) is 30.8 Å². The predicted octanol–water partition coefficient (Wildman–Crippen LogP) is 3.08. The molecule has 134 valence electrons. The second-order valence-corrected chi connectivity index (χ2v) is 6.80. The first kappa shape index (κ1) is 18.0. The summed E-state index contributed by atoms with van der Waals surface area (Å²) in [5.41, 5.74) is 1.78. The Morgan fingerprint density at radius 1 is 1.32 bits per heavy atom. The number of halogens is 1. The minimum absolute atomic E-state index is 0. The largest absolute Gasteiger partial charge is 0.486 e. The van der Waals surface area contributed by atoms with Gasteiger partial charge in [0.05, 0.1) is 5.69 Å². The third-order valence-corrected chi connectivity index (χ3v) is 4.94. The Balaban J connectivity index is 0.00000182. The maximum Gasteiger partial charge on any atom is 0.227 e. The van der Waals surface area contributed by atoms with Crippen molar-refractivity contribution in [2.75, 3.05) is 25.1 Å². The van der Waals surface area contributed by atoms with E-state index in [-0.39, 0.29) is 18.3 Å². The van der Waals surface area contributed by atoms with Crippen LogP contribution in [0.4, 0.5) is 5.13 Å². The second-order valence-electron chi connectivity index (χ2n) is 5.94. The molecule has 0 bridgehead atoms. The van der Waals surface area contributed by atoms with E-state index in [9.17, 15) is 4.79 Å². The molecule has 2 aliphatic heterocycles. The van der Waals surface area contributed by atoms with Crippen molar-refractivity contribution in [3.8, 4) is 22.8 Å². The Morgan fingerprint density at radius 2 is 2.16 bits per heavy atom. The fourth-order valence-corrected chi connectivity index (χ4v) is 3.73. The van der Waals surface area contributed by atoms with Gasteiger partial charge in [0.15, 0.2) is 16.6 Å². The molecule has 1 saturated heterocycles. The number of rotatable bonds is 4. The van der Waals surface area contributed by atoms with Gasteiger partial charge in [-0.3, -0.25) is 4.79 Å². The Kier molecular flexibility index (Phi) is 5.78. The van der Waals surface area contributed by atoms with Crippen molar-refractivity contribution in [2.24, 2.45) is 0 Å². The summed E-state index contributed by atoms with van der Waals surface area (Å²) < 4.78 is 11.1. The van der Waals surface area contributed by atoms with Gasteiger partial charge in [0.2, 0.25) is 5.91 Å². The third-order valence-electron chi connectivity index (χ3n) is 4.18. The Hall–Kier alpha value is -1.83. The van der Waals surface area contributed by atoms with E-state index in [4.69, 9.17) is 9.47 Å². The Morgan fingerprint density at radius 3 is 2.96 bits per heavy atom. The number of nitrogens with zero attached hydrogens (tertiary/aromatic N) is 1. The van der Waals surface area contributed by atoms with Crippen LogP contribution in [0.2, 0.25) is 0 Å². The van der Waals surface area contributed by atoms with Crippen LogP contribution in [0.1, 0.15) is 19.3 Å². The fourth-order valence-electron chi connectivity index (χ4n) is 2.99. The molecule has 1 unspecified atom stereocenters. The van der Waals surface area contributed by atoms with Crippen molar-refractivity contribution in [1.82, 2.24) is 10.3 Å². The molecule has 0 aliphatic carbocycles. The molecule has 1 atom stereocenters. The van der Waals surface area contributed by atoms with Gasteiger partial charge in [-0.15, -0.1) is 23.7 Å². The number of benzene rings is 1. The van der Waals surface area contributed by atoms with E-state index >= 15 is 0 Å². The summed E-state index contributed by atoms with van der Waals surface area (Å²) in [6.45, 7) is 2.14. The lowest BCUT2D eigenvalue weighted by Crippen LogP contribution is -2.27. The van der Waals surface area contributed by atoms with Crippen LogP contribution in [0, 0.1) is 0 Å². The lowest BCUT2D eigenvalue weighted by Gasteiger charge is -2.18. The smallest absolute Gasteiger partial charge is 0.227 e. The second kappa shape index (κ2) is 8.03. The number of carbonyl (C=O) groups excluding carboxylic acids is 1. The summed E-state index contributed by atoms with van der Waals surface area (Å²) in [4.78, 5) is 16.6. The zero-order valence-corrected chi connectivity index (χ0v) is 15.3. The molecule has 25 heavy (non-hydrogen) atoms. The van der Waals surface area contributed by atoms with Crippen LogP contribution >= 0.6 is 23.7 Å². The zero-order chi connectivity index (χ0) is 16.4. The van der Waals surface area contributed by atoms with Crippen molar-refractivity contribution in [1.29, 1.82) is 0 Å². The molecule has 0 spiro atoms. The molecule has 0 saturated carbocycles. The molecular weight excluding hydrogens is 362 g/mol. The zero-order valence-electron chi connectivity index (χ0n) is 13.6. The van der Waals surface area contributed by atoms with Crippen LogP contribution in [0.5, 0.6) is 11.5 Å². The van der Waals surface area contributed by atoms with E-state index in [1.54, 1.807) is 0 Å². The third kappa shape index (κ3) is 4.23. The average molecular weight is 382 g/mol. The molecule has 6 nitrogen and oxygen atoms in total.